The fourth-order valence-electron chi connectivity index (χ4n) is 2.87. The lowest BCUT2D eigenvalue weighted by Gasteiger charge is -2.15. The summed E-state index contributed by atoms with van der Waals surface area (Å²) in [6.45, 7) is 1.54. The van der Waals surface area contributed by atoms with E-state index in [-0.39, 0.29) is 28.6 Å². The van der Waals surface area contributed by atoms with Crippen molar-refractivity contribution in [3.05, 3.63) is 73.6 Å². The molecule has 0 aliphatic rings. The number of aromatic hydroxyl groups is 1. The minimum absolute atomic E-state index is 0.0900. The predicted molar refractivity (Wildman–Crippen MR) is 124 cm³/mol. The zero-order valence-corrected chi connectivity index (χ0v) is 19.1. The predicted octanol–water partition coefficient (Wildman–Crippen LogP) is 2.37. The molecule has 33 heavy (non-hydrogen) atoms. The first-order valence-corrected chi connectivity index (χ1v) is 11.5. The van der Waals surface area contributed by atoms with Gasteiger partial charge >= 0.3 is 5.97 Å². The normalized spacial score (nSPS) is 11.4. The number of aliphatic carboxylic acids is 1. The molecule has 9 nitrogen and oxygen atoms in total. The van der Waals surface area contributed by atoms with Gasteiger partial charge in [0.15, 0.2) is 0 Å². The van der Waals surface area contributed by atoms with Gasteiger partial charge in [-0.15, -0.1) is 22.7 Å². The molecular formula is C22H21N3O6S2. The summed E-state index contributed by atoms with van der Waals surface area (Å²) in [6.07, 6.45) is 0. The lowest BCUT2D eigenvalue weighted by atomic mass is 10.2. The average Bonchev–Trinajstić information content (AvgIpc) is 3.44. The first-order valence-electron chi connectivity index (χ1n) is 9.76. The molecule has 0 saturated heterocycles. The molecule has 2 heterocycles. The van der Waals surface area contributed by atoms with Crippen LogP contribution in [0.2, 0.25) is 0 Å². The molecule has 0 bridgehead atoms. The summed E-state index contributed by atoms with van der Waals surface area (Å²) in [4.78, 5) is 49.7. The molecule has 1 aromatic carbocycles. The number of carboxylic acids is 1. The van der Waals surface area contributed by atoms with E-state index >= 15 is 0 Å². The van der Waals surface area contributed by atoms with Crippen molar-refractivity contribution in [3.8, 4) is 5.75 Å². The molecule has 0 fully saturated rings. The van der Waals surface area contributed by atoms with E-state index in [0.717, 1.165) is 11.3 Å². The summed E-state index contributed by atoms with van der Waals surface area (Å²) >= 11 is 2.16. The van der Waals surface area contributed by atoms with Gasteiger partial charge in [-0.2, -0.15) is 0 Å². The Balaban J connectivity index is 1.60. The second-order valence-corrected chi connectivity index (χ2v) is 9.03. The summed E-state index contributed by atoms with van der Waals surface area (Å²) in [5.41, 5.74) is 1.23. The number of aryl methyl sites for hydroxylation is 1. The van der Waals surface area contributed by atoms with Crippen molar-refractivity contribution in [2.45, 2.75) is 19.5 Å². The van der Waals surface area contributed by atoms with Gasteiger partial charge in [-0.25, -0.2) is 4.79 Å². The van der Waals surface area contributed by atoms with E-state index in [4.69, 9.17) is 0 Å². The van der Waals surface area contributed by atoms with Gasteiger partial charge in [-0.05, 0) is 47.7 Å². The number of rotatable bonds is 9. The van der Waals surface area contributed by atoms with Gasteiger partial charge in [0.1, 0.15) is 11.8 Å². The highest BCUT2D eigenvalue weighted by Gasteiger charge is 2.24. The first-order chi connectivity index (χ1) is 15.7. The standard InChI is InChI=1S/C22H21N3O6S2/c1-12-8-17(20(28)23-10-13-4-2-5-14(26)9-13)33-18(12)21(29)25-15(22(30)31)11-24-19(27)16-6-3-7-32-16/h2-9,15,26H,10-11H2,1H3,(H,23,28)(H,24,27)(H,25,29)(H,30,31)/t15-/m0/s1. The SMILES string of the molecule is Cc1cc(C(=O)NCc2cccc(O)c2)sc1C(=O)N[C@@H](CNC(=O)c1cccs1)C(=O)O. The van der Waals surface area contributed by atoms with Crippen molar-refractivity contribution in [1.29, 1.82) is 0 Å². The maximum atomic E-state index is 12.7. The van der Waals surface area contributed by atoms with E-state index < -0.39 is 29.7 Å². The first kappa shape index (κ1) is 24.0. The number of phenols is 1. The Kier molecular flexibility index (Phi) is 7.80. The Morgan fingerprint density at radius 2 is 1.73 bits per heavy atom. The molecule has 0 aliphatic carbocycles. The maximum Gasteiger partial charge on any atom is 0.328 e. The van der Waals surface area contributed by atoms with Crippen molar-refractivity contribution in [3.63, 3.8) is 0 Å². The summed E-state index contributed by atoms with van der Waals surface area (Å²) < 4.78 is 0. The van der Waals surface area contributed by atoms with Crippen molar-refractivity contribution in [2.75, 3.05) is 6.54 Å². The number of nitrogens with one attached hydrogen (secondary N) is 3. The molecule has 3 aromatic rings. The number of carbonyl (C=O) groups is 4. The average molecular weight is 488 g/mol. The number of carbonyl (C=O) groups excluding carboxylic acids is 3. The third-order valence-electron chi connectivity index (χ3n) is 4.53. The van der Waals surface area contributed by atoms with Crippen LogP contribution in [-0.2, 0) is 11.3 Å². The van der Waals surface area contributed by atoms with Crippen LogP contribution >= 0.6 is 22.7 Å². The lowest BCUT2D eigenvalue weighted by Crippen LogP contribution is -2.48. The van der Waals surface area contributed by atoms with Gasteiger partial charge in [0.05, 0.1) is 14.6 Å². The Labute approximate surface area is 197 Å². The van der Waals surface area contributed by atoms with E-state index in [9.17, 15) is 29.4 Å². The molecule has 0 spiro atoms. The zero-order valence-electron chi connectivity index (χ0n) is 17.5. The summed E-state index contributed by atoms with van der Waals surface area (Å²) in [6, 6.07) is 9.98. The van der Waals surface area contributed by atoms with Gasteiger partial charge in [0, 0.05) is 13.1 Å². The largest absolute Gasteiger partial charge is 0.508 e. The third kappa shape index (κ3) is 6.40. The van der Waals surface area contributed by atoms with Crippen molar-refractivity contribution in [1.82, 2.24) is 16.0 Å². The van der Waals surface area contributed by atoms with Gasteiger partial charge in [-0.3, -0.25) is 14.4 Å². The van der Waals surface area contributed by atoms with E-state index in [1.807, 2.05) is 0 Å². The summed E-state index contributed by atoms with van der Waals surface area (Å²) in [7, 11) is 0. The number of phenolic OH excluding ortho intramolecular Hbond substituents is 1. The van der Waals surface area contributed by atoms with Gasteiger partial charge in [-0.1, -0.05) is 18.2 Å². The number of carboxylic acid groups (broad SMARTS) is 1. The quantitative estimate of drug-likeness (QED) is 0.313. The van der Waals surface area contributed by atoms with Crippen LogP contribution in [0.15, 0.2) is 47.8 Å². The number of thiophene rings is 2. The molecule has 3 amide bonds. The molecule has 0 unspecified atom stereocenters. The molecular weight excluding hydrogens is 466 g/mol. The highest BCUT2D eigenvalue weighted by atomic mass is 32.1. The van der Waals surface area contributed by atoms with Crippen molar-refractivity contribution >= 4 is 46.4 Å². The molecule has 0 radical (unpaired) electrons. The monoisotopic (exact) mass is 487 g/mol. The third-order valence-corrected chi connectivity index (χ3v) is 6.63. The molecule has 5 N–H and O–H groups in total. The molecule has 0 aliphatic heterocycles. The molecule has 172 valence electrons. The van der Waals surface area contributed by atoms with Crippen molar-refractivity contribution in [2.24, 2.45) is 0 Å². The minimum atomic E-state index is -1.34. The van der Waals surface area contributed by atoms with Crippen LogP contribution < -0.4 is 16.0 Å². The molecule has 1 atom stereocenters. The Hall–Kier alpha value is -3.70. The maximum absolute atomic E-state index is 12.7. The van der Waals surface area contributed by atoms with Crippen molar-refractivity contribution < 1.29 is 29.4 Å². The molecule has 3 rings (SSSR count). The van der Waals surface area contributed by atoms with E-state index in [0.29, 0.717) is 16.0 Å². The van der Waals surface area contributed by atoms with Gasteiger partial charge in [0.25, 0.3) is 17.7 Å². The topological polar surface area (TPSA) is 145 Å². The van der Waals surface area contributed by atoms with Gasteiger partial charge in [0.2, 0.25) is 0 Å². The van der Waals surface area contributed by atoms with E-state index in [1.54, 1.807) is 42.6 Å². The number of hydrogen-bond acceptors (Lipinski definition) is 7. The molecule has 0 saturated carbocycles. The highest BCUT2D eigenvalue weighted by molar-refractivity contribution is 7.16. The number of benzene rings is 1. The number of hydrogen-bond donors (Lipinski definition) is 5. The smallest absolute Gasteiger partial charge is 0.328 e. The van der Waals surface area contributed by atoms with Crippen LogP contribution in [0.1, 0.15) is 40.1 Å². The van der Waals surface area contributed by atoms with Crippen LogP contribution in [0, 0.1) is 6.92 Å². The summed E-state index contributed by atoms with van der Waals surface area (Å²) in [5, 5.41) is 28.3. The minimum Gasteiger partial charge on any atom is -0.508 e. The van der Waals surface area contributed by atoms with Gasteiger partial charge < -0.3 is 26.2 Å². The summed E-state index contributed by atoms with van der Waals surface area (Å²) in [5.74, 6) is -2.69. The lowest BCUT2D eigenvalue weighted by molar-refractivity contribution is -0.139. The fraction of sp³-hybridized carbons (Fsp3) is 0.182. The number of amides is 3. The van der Waals surface area contributed by atoms with Crippen LogP contribution in [-0.4, -0.2) is 46.5 Å². The van der Waals surface area contributed by atoms with Crippen LogP contribution in [0.3, 0.4) is 0 Å². The highest BCUT2D eigenvalue weighted by Crippen LogP contribution is 2.22. The Morgan fingerprint density at radius 1 is 0.970 bits per heavy atom. The fourth-order valence-corrected chi connectivity index (χ4v) is 4.50. The zero-order chi connectivity index (χ0) is 24.0. The van der Waals surface area contributed by atoms with E-state index in [2.05, 4.69) is 16.0 Å². The van der Waals surface area contributed by atoms with Crippen LogP contribution in [0.4, 0.5) is 0 Å². The Bertz CT molecular complexity index is 1170. The Morgan fingerprint density at radius 3 is 2.39 bits per heavy atom. The second-order valence-electron chi connectivity index (χ2n) is 7.03. The molecule has 2 aromatic heterocycles. The molecule has 11 heteroatoms. The second kappa shape index (κ2) is 10.7. The van der Waals surface area contributed by atoms with Crippen LogP contribution in [0.25, 0.3) is 0 Å². The van der Waals surface area contributed by atoms with E-state index in [1.165, 1.54) is 23.5 Å². The van der Waals surface area contributed by atoms with Crippen LogP contribution in [0.5, 0.6) is 5.75 Å².